The molecule has 1 aromatic heterocycles. The first-order valence-electron chi connectivity index (χ1n) is 5.26. The minimum absolute atomic E-state index is 0.129. The smallest absolute Gasteiger partial charge is 0.342 e. The Bertz CT molecular complexity index is 510. The molecule has 0 bridgehead atoms. The molecule has 1 rings (SSSR count). The molecule has 0 unspecified atom stereocenters. The van der Waals surface area contributed by atoms with Gasteiger partial charge in [-0.3, -0.25) is 5.10 Å². The van der Waals surface area contributed by atoms with Crippen LogP contribution in [-0.2, 0) is 14.8 Å². The van der Waals surface area contributed by atoms with Gasteiger partial charge >= 0.3 is 5.97 Å². The molecule has 0 radical (unpaired) electrons. The minimum Gasteiger partial charge on any atom is -0.462 e. The maximum Gasteiger partial charge on any atom is 0.342 e. The molecule has 0 aliphatic rings. The Morgan fingerprint density at radius 2 is 2.33 bits per heavy atom. The van der Waals surface area contributed by atoms with Crippen LogP contribution in [0.1, 0.15) is 24.2 Å². The summed E-state index contributed by atoms with van der Waals surface area (Å²) in [5, 5.41) is 14.2. The largest absolute Gasteiger partial charge is 0.462 e. The lowest BCUT2D eigenvalue weighted by Gasteiger charge is -2.11. The molecule has 0 aliphatic heterocycles. The summed E-state index contributed by atoms with van der Waals surface area (Å²) in [4.78, 5) is 11.5. The van der Waals surface area contributed by atoms with Gasteiger partial charge < -0.3 is 9.84 Å². The van der Waals surface area contributed by atoms with Gasteiger partial charge in [-0.25, -0.2) is 17.9 Å². The minimum atomic E-state index is -3.95. The van der Waals surface area contributed by atoms with E-state index in [-0.39, 0.29) is 23.8 Å². The van der Waals surface area contributed by atoms with Gasteiger partial charge in [-0.1, -0.05) is 0 Å². The van der Waals surface area contributed by atoms with Gasteiger partial charge in [0.05, 0.1) is 19.4 Å². The molecule has 18 heavy (non-hydrogen) atoms. The fourth-order valence-corrected chi connectivity index (χ4v) is 2.51. The van der Waals surface area contributed by atoms with Crippen molar-refractivity contribution in [3.63, 3.8) is 0 Å². The van der Waals surface area contributed by atoms with Crippen molar-refractivity contribution in [1.29, 1.82) is 0 Å². The van der Waals surface area contributed by atoms with E-state index in [0.717, 1.165) is 6.20 Å². The number of aromatic amines is 1. The number of H-pyrrole nitrogens is 1. The Balaban J connectivity index is 3.03. The zero-order chi connectivity index (χ0) is 13.8. The van der Waals surface area contributed by atoms with Crippen molar-refractivity contribution in [2.45, 2.75) is 24.9 Å². The highest BCUT2D eigenvalue weighted by atomic mass is 32.2. The third-order valence-corrected chi connectivity index (χ3v) is 3.56. The van der Waals surface area contributed by atoms with Gasteiger partial charge in [0.1, 0.15) is 5.56 Å². The van der Waals surface area contributed by atoms with Gasteiger partial charge in [-0.15, -0.1) is 0 Å². The number of aliphatic hydroxyl groups excluding tert-OH is 1. The summed E-state index contributed by atoms with van der Waals surface area (Å²) < 4.78 is 30.7. The van der Waals surface area contributed by atoms with Crippen LogP contribution >= 0.6 is 0 Å². The molecule has 0 aromatic carbocycles. The van der Waals surface area contributed by atoms with Gasteiger partial charge in [0.25, 0.3) is 10.0 Å². The van der Waals surface area contributed by atoms with Crippen molar-refractivity contribution in [3.05, 3.63) is 11.8 Å². The molecule has 0 fully saturated rings. The Morgan fingerprint density at radius 3 is 2.89 bits per heavy atom. The molecule has 0 amide bonds. The van der Waals surface area contributed by atoms with E-state index in [1.807, 2.05) is 0 Å². The lowest BCUT2D eigenvalue weighted by atomic mass is 10.4. The third kappa shape index (κ3) is 3.28. The lowest BCUT2D eigenvalue weighted by Crippen LogP contribution is -2.36. The van der Waals surface area contributed by atoms with Gasteiger partial charge in [0.2, 0.25) is 0 Å². The monoisotopic (exact) mass is 277 g/mol. The van der Waals surface area contributed by atoms with Crippen LogP contribution in [0.3, 0.4) is 0 Å². The van der Waals surface area contributed by atoms with Crippen LogP contribution in [0.15, 0.2) is 11.2 Å². The number of hydrogen-bond donors (Lipinski definition) is 3. The van der Waals surface area contributed by atoms with Crippen LogP contribution in [0.4, 0.5) is 0 Å². The summed E-state index contributed by atoms with van der Waals surface area (Å²) in [6.07, 6.45) is 1.08. The standard InChI is InChI=1S/C9H15N3O5S/c1-3-17-9(14)7-4-10-11-8(7)18(15,16)12-6(2)5-13/h4,6,12-13H,3,5H2,1-2H3,(H,10,11)/t6-/m0/s1. The van der Waals surface area contributed by atoms with Crippen LogP contribution in [0.2, 0.25) is 0 Å². The Hall–Kier alpha value is -1.45. The second-order valence-corrected chi connectivity index (χ2v) is 5.19. The summed E-state index contributed by atoms with van der Waals surface area (Å²) >= 11 is 0. The average molecular weight is 277 g/mol. The van der Waals surface area contributed by atoms with E-state index in [4.69, 9.17) is 9.84 Å². The normalized spacial score (nSPS) is 13.3. The summed E-state index contributed by atoms with van der Waals surface area (Å²) in [5.41, 5.74) is -0.172. The fourth-order valence-electron chi connectivity index (χ4n) is 1.19. The fraction of sp³-hybridized carbons (Fsp3) is 0.556. The van der Waals surface area contributed by atoms with Gasteiger partial charge in [-0.2, -0.15) is 5.10 Å². The van der Waals surface area contributed by atoms with Gasteiger partial charge in [0.15, 0.2) is 5.03 Å². The van der Waals surface area contributed by atoms with E-state index in [1.54, 1.807) is 6.92 Å². The summed E-state index contributed by atoms with van der Waals surface area (Å²) in [6, 6.07) is -0.673. The summed E-state index contributed by atoms with van der Waals surface area (Å²) in [6.45, 7) is 2.86. The number of nitrogens with zero attached hydrogens (tertiary/aromatic N) is 1. The van der Waals surface area contributed by atoms with Crippen molar-refractivity contribution in [2.24, 2.45) is 0 Å². The number of aromatic nitrogens is 2. The van der Waals surface area contributed by atoms with Crippen LogP contribution in [0.5, 0.6) is 0 Å². The second-order valence-electron chi connectivity index (χ2n) is 3.54. The lowest BCUT2D eigenvalue weighted by molar-refractivity contribution is 0.0522. The second kappa shape index (κ2) is 5.94. The number of ether oxygens (including phenoxy) is 1. The molecule has 1 atom stereocenters. The van der Waals surface area contributed by atoms with E-state index in [0.29, 0.717) is 0 Å². The molecule has 0 spiro atoms. The van der Waals surface area contributed by atoms with Crippen molar-refractivity contribution < 1.29 is 23.1 Å². The first kappa shape index (κ1) is 14.6. The van der Waals surface area contributed by atoms with E-state index in [1.165, 1.54) is 6.92 Å². The topological polar surface area (TPSA) is 121 Å². The molecule has 0 aliphatic carbocycles. The van der Waals surface area contributed by atoms with E-state index in [9.17, 15) is 13.2 Å². The zero-order valence-corrected chi connectivity index (χ0v) is 10.8. The number of esters is 1. The number of rotatable bonds is 6. The van der Waals surface area contributed by atoms with Crippen molar-refractivity contribution in [3.8, 4) is 0 Å². The van der Waals surface area contributed by atoms with Crippen LogP contribution in [0.25, 0.3) is 0 Å². The predicted octanol–water partition coefficient (Wildman–Crippen LogP) is -0.754. The Morgan fingerprint density at radius 1 is 1.67 bits per heavy atom. The number of sulfonamides is 1. The number of nitrogens with one attached hydrogen (secondary N) is 2. The Kier molecular flexibility index (Phi) is 4.82. The Labute approximate surface area is 104 Å². The zero-order valence-electron chi connectivity index (χ0n) is 10.0. The van der Waals surface area contributed by atoms with Gasteiger partial charge in [0, 0.05) is 6.04 Å². The van der Waals surface area contributed by atoms with Crippen LogP contribution in [-0.4, -0.2) is 48.9 Å². The molecule has 1 heterocycles. The number of carbonyl (C=O) groups is 1. The predicted molar refractivity (Wildman–Crippen MR) is 61.4 cm³/mol. The first-order chi connectivity index (χ1) is 8.42. The number of carbonyl (C=O) groups excluding carboxylic acids is 1. The van der Waals surface area contributed by atoms with Crippen molar-refractivity contribution in [1.82, 2.24) is 14.9 Å². The average Bonchev–Trinajstić information content (AvgIpc) is 2.78. The maximum atomic E-state index is 11.9. The van der Waals surface area contributed by atoms with E-state index in [2.05, 4.69) is 14.9 Å². The molecule has 1 aromatic rings. The third-order valence-electron chi connectivity index (χ3n) is 2.00. The van der Waals surface area contributed by atoms with Crippen LogP contribution < -0.4 is 4.72 Å². The molecule has 0 saturated carbocycles. The summed E-state index contributed by atoms with van der Waals surface area (Å²) in [7, 11) is -3.95. The highest BCUT2D eigenvalue weighted by Crippen LogP contribution is 2.13. The van der Waals surface area contributed by atoms with E-state index >= 15 is 0 Å². The molecule has 8 nitrogen and oxygen atoms in total. The molecule has 102 valence electrons. The van der Waals surface area contributed by atoms with E-state index < -0.39 is 22.0 Å². The highest BCUT2D eigenvalue weighted by molar-refractivity contribution is 7.89. The van der Waals surface area contributed by atoms with Crippen molar-refractivity contribution in [2.75, 3.05) is 13.2 Å². The first-order valence-corrected chi connectivity index (χ1v) is 6.74. The molecule has 9 heteroatoms. The molecule has 3 N–H and O–H groups in total. The molecular weight excluding hydrogens is 262 g/mol. The molecule has 0 saturated heterocycles. The van der Waals surface area contributed by atoms with Gasteiger partial charge in [-0.05, 0) is 13.8 Å². The maximum absolute atomic E-state index is 11.9. The molecular formula is C9H15N3O5S. The van der Waals surface area contributed by atoms with Crippen LogP contribution in [0, 0.1) is 0 Å². The quantitative estimate of drug-likeness (QED) is 0.588. The SMILES string of the molecule is CCOC(=O)c1cn[nH]c1S(=O)(=O)N[C@@H](C)CO. The number of aliphatic hydroxyl groups is 1. The highest BCUT2D eigenvalue weighted by Gasteiger charge is 2.26. The van der Waals surface area contributed by atoms with Crippen molar-refractivity contribution >= 4 is 16.0 Å². The summed E-state index contributed by atoms with van der Waals surface area (Å²) in [5.74, 6) is -0.775. The number of hydrogen-bond acceptors (Lipinski definition) is 6.